The van der Waals surface area contributed by atoms with Gasteiger partial charge in [-0.2, -0.15) is 0 Å². The zero-order valence-corrected chi connectivity index (χ0v) is 19.6. The fourth-order valence-electron chi connectivity index (χ4n) is 3.32. The largest absolute Gasteiger partial charge is 0.478 e. The molecule has 2 aromatic carbocycles. The van der Waals surface area contributed by atoms with Gasteiger partial charge in [-0.1, -0.05) is 24.0 Å². The van der Waals surface area contributed by atoms with Gasteiger partial charge in [0.05, 0.1) is 21.7 Å². The summed E-state index contributed by atoms with van der Waals surface area (Å²) >= 11 is 6.55. The van der Waals surface area contributed by atoms with Gasteiger partial charge in [-0.25, -0.2) is 9.59 Å². The van der Waals surface area contributed by atoms with Crippen molar-refractivity contribution in [2.45, 2.75) is 0 Å². The SMILES string of the molecule is CN(C)c1ccc(N2C(=O)/C(=C\c3ccc(-c4cc(C(=O)O)cc(C(=O)O)c4)o3)SC2=S)cc1. The molecule has 2 N–H and O–H groups in total. The number of anilines is 2. The number of furan rings is 1. The number of thiocarbonyl (C=S) groups is 1. The van der Waals surface area contributed by atoms with Crippen molar-refractivity contribution in [2.75, 3.05) is 23.9 Å². The molecule has 1 saturated heterocycles. The average molecular weight is 495 g/mol. The van der Waals surface area contributed by atoms with Crippen LogP contribution in [0.5, 0.6) is 0 Å². The predicted molar refractivity (Wildman–Crippen MR) is 134 cm³/mol. The highest BCUT2D eigenvalue weighted by Crippen LogP contribution is 2.37. The van der Waals surface area contributed by atoms with Crippen molar-refractivity contribution in [1.82, 2.24) is 0 Å². The van der Waals surface area contributed by atoms with Gasteiger partial charge in [-0.15, -0.1) is 0 Å². The quantitative estimate of drug-likeness (QED) is 0.368. The van der Waals surface area contributed by atoms with Gasteiger partial charge in [-0.05, 0) is 54.6 Å². The summed E-state index contributed by atoms with van der Waals surface area (Å²) in [7, 11) is 3.85. The second-order valence-corrected chi connectivity index (χ2v) is 9.22. The van der Waals surface area contributed by atoms with Crippen molar-refractivity contribution >= 4 is 63.6 Å². The molecule has 3 aromatic rings. The maximum absolute atomic E-state index is 13.0. The lowest BCUT2D eigenvalue weighted by Gasteiger charge is -2.17. The van der Waals surface area contributed by atoms with Gasteiger partial charge in [0, 0.05) is 31.4 Å². The van der Waals surface area contributed by atoms with Crippen LogP contribution in [0.15, 0.2) is 63.9 Å². The Morgan fingerprint density at radius 2 is 1.62 bits per heavy atom. The predicted octanol–water partition coefficient (Wildman–Crippen LogP) is 4.81. The highest BCUT2D eigenvalue weighted by molar-refractivity contribution is 8.27. The monoisotopic (exact) mass is 494 g/mol. The number of carboxylic acid groups (broad SMARTS) is 2. The summed E-state index contributed by atoms with van der Waals surface area (Å²) in [5.41, 5.74) is 1.60. The highest BCUT2D eigenvalue weighted by Gasteiger charge is 2.33. The van der Waals surface area contributed by atoms with Crippen LogP contribution in [0.3, 0.4) is 0 Å². The number of nitrogens with zero attached hydrogens (tertiary/aromatic N) is 2. The van der Waals surface area contributed by atoms with E-state index in [4.69, 9.17) is 16.6 Å². The van der Waals surface area contributed by atoms with E-state index in [9.17, 15) is 24.6 Å². The van der Waals surface area contributed by atoms with Crippen molar-refractivity contribution in [2.24, 2.45) is 0 Å². The summed E-state index contributed by atoms with van der Waals surface area (Å²) in [4.78, 5) is 39.5. The Kier molecular flexibility index (Phi) is 6.27. The molecular weight excluding hydrogens is 476 g/mol. The van der Waals surface area contributed by atoms with E-state index in [0.29, 0.717) is 26.2 Å². The van der Waals surface area contributed by atoms with Crippen LogP contribution in [-0.4, -0.2) is 46.5 Å². The second-order valence-electron chi connectivity index (χ2n) is 7.54. The number of thioether (sulfide) groups is 1. The summed E-state index contributed by atoms with van der Waals surface area (Å²) in [6, 6.07) is 14.4. The minimum absolute atomic E-state index is 0.172. The number of rotatable bonds is 6. The van der Waals surface area contributed by atoms with Crippen LogP contribution >= 0.6 is 24.0 Å². The maximum atomic E-state index is 13.0. The van der Waals surface area contributed by atoms with Crippen LogP contribution in [0.1, 0.15) is 26.5 Å². The molecule has 1 aliphatic rings. The molecular formula is C24H18N2O6S2. The van der Waals surface area contributed by atoms with E-state index in [1.165, 1.54) is 17.0 Å². The van der Waals surface area contributed by atoms with Crippen LogP contribution in [0.2, 0.25) is 0 Å². The van der Waals surface area contributed by atoms with Crippen LogP contribution in [-0.2, 0) is 4.79 Å². The lowest BCUT2D eigenvalue weighted by molar-refractivity contribution is -0.113. The van der Waals surface area contributed by atoms with Gasteiger partial charge >= 0.3 is 11.9 Å². The first-order valence-corrected chi connectivity index (χ1v) is 11.1. The highest BCUT2D eigenvalue weighted by atomic mass is 32.2. The number of hydrogen-bond acceptors (Lipinski definition) is 7. The third-order valence-corrected chi connectivity index (χ3v) is 6.33. The average Bonchev–Trinajstić information content (AvgIpc) is 3.37. The molecule has 0 radical (unpaired) electrons. The number of hydrogen-bond donors (Lipinski definition) is 2. The Morgan fingerprint density at radius 1 is 1.00 bits per heavy atom. The third kappa shape index (κ3) is 4.59. The van der Waals surface area contributed by atoms with E-state index < -0.39 is 11.9 Å². The molecule has 1 fully saturated rings. The fourth-order valence-corrected chi connectivity index (χ4v) is 4.60. The molecule has 0 atom stereocenters. The lowest BCUT2D eigenvalue weighted by atomic mass is 10.0. The molecule has 2 heterocycles. The normalized spacial score (nSPS) is 14.6. The molecule has 1 aliphatic heterocycles. The van der Waals surface area contributed by atoms with Crippen molar-refractivity contribution < 1.29 is 29.0 Å². The van der Waals surface area contributed by atoms with E-state index in [1.54, 1.807) is 18.2 Å². The topological polar surface area (TPSA) is 111 Å². The van der Waals surface area contributed by atoms with E-state index in [-0.39, 0.29) is 22.8 Å². The number of aromatic carboxylic acids is 2. The van der Waals surface area contributed by atoms with Crippen LogP contribution in [0, 0.1) is 0 Å². The molecule has 4 rings (SSSR count). The van der Waals surface area contributed by atoms with Crippen molar-refractivity contribution in [3.05, 3.63) is 76.4 Å². The number of carboxylic acids is 2. The van der Waals surface area contributed by atoms with Crippen molar-refractivity contribution in [3.8, 4) is 11.3 Å². The van der Waals surface area contributed by atoms with E-state index in [2.05, 4.69) is 0 Å². The zero-order chi connectivity index (χ0) is 24.6. The number of amides is 1. The second kappa shape index (κ2) is 9.16. The summed E-state index contributed by atoms with van der Waals surface area (Å²) in [5, 5.41) is 18.6. The minimum atomic E-state index is -1.25. The summed E-state index contributed by atoms with van der Waals surface area (Å²) < 4.78 is 6.16. The Morgan fingerprint density at radius 3 is 2.18 bits per heavy atom. The Bertz CT molecular complexity index is 1330. The first kappa shape index (κ1) is 23.3. The fraction of sp³-hybridized carbons (Fsp3) is 0.0833. The van der Waals surface area contributed by atoms with Crippen molar-refractivity contribution in [3.63, 3.8) is 0 Å². The van der Waals surface area contributed by atoms with Crippen LogP contribution in [0.4, 0.5) is 11.4 Å². The number of carbonyl (C=O) groups excluding carboxylic acids is 1. The molecule has 0 spiro atoms. The third-order valence-electron chi connectivity index (χ3n) is 5.03. The standard InChI is InChI=1S/C24H18N2O6S2/c1-25(2)16-3-5-17(6-4-16)26-21(27)20(34-24(26)33)12-18-7-8-19(32-18)13-9-14(22(28)29)11-15(10-13)23(30)31/h3-12H,1-2H3,(H,28,29)(H,30,31)/b20-12+. The van der Waals surface area contributed by atoms with Gasteiger partial charge in [0.15, 0.2) is 4.32 Å². The molecule has 1 aromatic heterocycles. The summed E-state index contributed by atoms with van der Waals surface area (Å²) in [6.07, 6.45) is 1.55. The first-order valence-electron chi connectivity index (χ1n) is 9.91. The van der Waals surface area contributed by atoms with E-state index in [1.807, 2.05) is 43.3 Å². The first-order chi connectivity index (χ1) is 16.1. The Hall–Kier alpha value is -3.89. The molecule has 8 nitrogen and oxygen atoms in total. The molecule has 34 heavy (non-hydrogen) atoms. The molecule has 0 unspecified atom stereocenters. The van der Waals surface area contributed by atoms with E-state index >= 15 is 0 Å². The van der Waals surface area contributed by atoms with Crippen LogP contribution in [0.25, 0.3) is 17.4 Å². The molecule has 1 amide bonds. The Labute approximate surface area is 204 Å². The number of carbonyl (C=O) groups is 3. The Balaban J connectivity index is 1.61. The molecule has 10 heteroatoms. The van der Waals surface area contributed by atoms with Gasteiger partial charge < -0.3 is 19.5 Å². The molecule has 172 valence electrons. The minimum Gasteiger partial charge on any atom is -0.478 e. The van der Waals surface area contributed by atoms with E-state index in [0.717, 1.165) is 23.5 Å². The zero-order valence-electron chi connectivity index (χ0n) is 18.0. The lowest BCUT2D eigenvalue weighted by Crippen LogP contribution is -2.27. The molecule has 0 bridgehead atoms. The van der Waals surface area contributed by atoms with Gasteiger partial charge in [0.25, 0.3) is 5.91 Å². The smallest absolute Gasteiger partial charge is 0.335 e. The van der Waals surface area contributed by atoms with Crippen LogP contribution < -0.4 is 9.80 Å². The number of benzene rings is 2. The van der Waals surface area contributed by atoms with Gasteiger partial charge in [-0.3, -0.25) is 9.69 Å². The van der Waals surface area contributed by atoms with Crippen molar-refractivity contribution in [1.29, 1.82) is 0 Å². The maximum Gasteiger partial charge on any atom is 0.335 e. The van der Waals surface area contributed by atoms with Gasteiger partial charge in [0.1, 0.15) is 11.5 Å². The molecule has 0 aliphatic carbocycles. The van der Waals surface area contributed by atoms with Gasteiger partial charge in [0.2, 0.25) is 0 Å². The summed E-state index contributed by atoms with van der Waals surface area (Å²) in [5.74, 6) is -2.17. The summed E-state index contributed by atoms with van der Waals surface area (Å²) in [6.45, 7) is 0. The molecule has 0 saturated carbocycles.